The Balaban J connectivity index is 2.33. The highest BCUT2D eigenvalue weighted by molar-refractivity contribution is 7.90. The van der Waals surface area contributed by atoms with Crippen molar-refractivity contribution in [2.24, 2.45) is 11.7 Å². The van der Waals surface area contributed by atoms with Crippen molar-refractivity contribution in [2.75, 3.05) is 25.6 Å². The van der Waals surface area contributed by atoms with E-state index in [1.165, 1.54) is 4.90 Å². The fourth-order valence-electron chi connectivity index (χ4n) is 2.07. The molecule has 0 aromatic rings. The zero-order valence-electron chi connectivity index (χ0n) is 10.9. The highest BCUT2D eigenvalue weighted by atomic mass is 32.2. The van der Waals surface area contributed by atoms with Crippen molar-refractivity contribution in [1.82, 2.24) is 4.90 Å². The maximum Gasteiger partial charge on any atom is 0.239 e. The van der Waals surface area contributed by atoms with Crippen molar-refractivity contribution in [3.05, 3.63) is 0 Å². The van der Waals surface area contributed by atoms with Gasteiger partial charge in [0.05, 0.1) is 17.9 Å². The second-order valence-corrected chi connectivity index (χ2v) is 7.49. The number of hydrogen-bond acceptors (Lipinski definition) is 5. The van der Waals surface area contributed by atoms with Crippen molar-refractivity contribution in [3.63, 3.8) is 0 Å². The summed E-state index contributed by atoms with van der Waals surface area (Å²) < 4.78 is 22.0. The molecule has 0 aromatic heterocycles. The molecule has 1 unspecified atom stereocenters. The molecule has 0 radical (unpaired) electrons. The average molecular weight is 278 g/mol. The van der Waals surface area contributed by atoms with Gasteiger partial charge in [-0.2, -0.15) is 0 Å². The molecule has 1 fully saturated rings. The van der Waals surface area contributed by atoms with Crippen molar-refractivity contribution in [1.29, 1.82) is 0 Å². The van der Waals surface area contributed by atoms with Gasteiger partial charge in [0.15, 0.2) is 0 Å². The van der Waals surface area contributed by atoms with E-state index in [9.17, 15) is 13.2 Å². The van der Waals surface area contributed by atoms with Crippen LogP contribution in [0.5, 0.6) is 0 Å². The molecule has 1 amide bonds. The summed E-state index contributed by atoms with van der Waals surface area (Å²) >= 11 is 0. The largest absolute Gasteiger partial charge is 0.393 e. The van der Waals surface area contributed by atoms with Gasteiger partial charge in [-0.3, -0.25) is 4.79 Å². The molecule has 0 heterocycles. The summed E-state index contributed by atoms with van der Waals surface area (Å²) in [5.74, 6) is 0.0201. The van der Waals surface area contributed by atoms with Crippen molar-refractivity contribution in [3.8, 4) is 0 Å². The first-order valence-corrected chi connectivity index (χ1v) is 8.11. The Bertz CT molecular complexity index is 390. The van der Waals surface area contributed by atoms with Crippen molar-refractivity contribution in [2.45, 2.75) is 31.4 Å². The number of sulfone groups is 1. The minimum absolute atomic E-state index is 0.0735. The molecule has 1 aliphatic carbocycles. The number of aliphatic hydroxyl groups is 1. The van der Waals surface area contributed by atoms with Gasteiger partial charge in [0, 0.05) is 19.8 Å². The van der Waals surface area contributed by atoms with Crippen LogP contribution in [0.4, 0.5) is 0 Å². The van der Waals surface area contributed by atoms with Crippen molar-refractivity contribution >= 4 is 15.7 Å². The average Bonchev–Trinajstić information content (AvgIpc) is 2.21. The number of likely N-dealkylation sites (N-methyl/N-ethyl adjacent to an activating group) is 1. The third-order valence-corrected chi connectivity index (χ3v) is 4.21. The standard InChI is InChI=1S/C11H22N2O4S/c1-13(7-8-5-9(14)6-8)11(15)10(12)3-4-18(2,16)17/h8-10,14H,3-7,12H2,1-2H3. The summed E-state index contributed by atoms with van der Waals surface area (Å²) in [6, 6.07) is -0.769. The number of carbonyl (C=O) groups is 1. The third kappa shape index (κ3) is 4.91. The smallest absolute Gasteiger partial charge is 0.239 e. The monoisotopic (exact) mass is 278 g/mol. The maximum absolute atomic E-state index is 11.9. The predicted octanol–water partition coefficient (Wildman–Crippen LogP) is -1.02. The zero-order valence-corrected chi connectivity index (χ0v) is 11.7. The van der Waals surface area contributed by atoms with Gasteiger partial charge in [-0.15, -0.1) is 0 Å². The van der Waals surface area contributed by atoms with Crippen LogP contribution in [0.15, 0.2) is 0 Å². The Morgan fingerprint density at radius 2 is 2.06 bits per heavy atom. The predicted molar refractivity (Wildman–Crippen MR) is 68.7 cm³/mol. The number of carbonyl (C=O) groups excluding carboxylic acids is 1. The first kappa shape index (κ1) is 15.4. The summed E-state index contributed by atoms with van der Waals surface area (Å²) in [4.78, 5) is 13.4. The van der Waals surface area contributed by atoms with E-state index in [-0.39, 0.29) is 24.2 Å². The molecule has 18 heavy (non-hydrogen) atoms. The van der Waals surface area contributed by atoms with E-state index >= 15 is 0 Å². The van der Waals surface area contributed by atoms with Crippen LogP contribution in [0.1, 0.15) is 19.3 Å². The minimum Gasteiger partial charge on any atom is -0.393 e. The molecule has 106 valence electrons. The fraction of sp³-hybridized carbons (Fsp3) is 0.909. The summed E-state index contributed by atoms with van der Waals surface area (Å²) in [5.41, 5.74) is 5.68. The van der Waals surface area contributed by atoms with E-state index in [0.29, 0.717) is 12.5 Å². The second-order valence-electron chi connectivity index (χ2n) is 5.24. The van der Waals surface area contributed by atoms with Crippen LogP contribution in [0.2, 0.25) is 0 Å². The molecule has 1 atom stereocenters. The van der Waals surface area contributed by atoms with Crippen LogP contribution in [-0.2, 0) is 14.6 Å². The van der Waals surface area contributed by atoms with Crippen LogP contribution in [0.25, 0.3) is 0 Å². The summed E-state index contributed by atoms with van der Waals surface area (Å²) in [6.45, 7) is 0.572. The first-order chi connectivity index (χ1) is 8.19. The molecule has 1 aliphatic rings. The lowest BCUT2D eigenvalue weighted by Crippen LogP contribution is -2.46. The number of amides is 1. The van der Waals surface area contributed by atoms with Crippen molar-refractivity contribution < 1.29 is 18.3 Å². The van der Waals surface area contributed by atoms with E-state index < -0.39 is 15.9 Å². The maximum atomic E-state index is 11.9. The Kier molecular flexibility index (Phi) is 5.12. The summed E-state index contributed by atoms with van der Waals surface area (Å²) in [6.07, 6.45) is 2.48. The van der Waals surface area contributed by atoms with Crippen LogP contribution in [0, 0.1) is 5.92 Å². The van der Waals surface area contributed by atoms with Gasteiger partial charge in [-0.25, -0.2) is 8.42 Å². The van der Waals surface area contributed by atoms with Gasteiger partial charge >= 0.3 is 0 Å². The minimum atomic E-state index is -3.09. The van der Waals surface area contributed by atoms with Gasteiger partial charge in [0.1, 0.15) is 9.84 Å². The quantitative estimate of drug-likeness (QED) is 0.647. The Morgan fingerprint density at radius 3 is 2.50 bits per heavy atom. The number of hydrogen-bond donors (Lipinski definition) is 2. The molecule has 0 aromatic carbocycles. The Hall–Kier alpha value is -0.660. The van der Waals surface area contributed by atoms with Gasteiger partial charge in [0.2, 0.25) is 5.91 Å². The number of aliphatic hydroxyl groups excluding tert-OH is 1. The topological polar surface area (TPSA) is 101 Å². The van der Waals surface area contributed by atoms with Gasteiger partial charge in [-0.05, 0) is 25.2 Å². The molecule has 1 saturated carbocycles. The van der Waals surface area contributed by atoms with Gasteiger partial charge in [-0.1, -0.05) is 0 Å². The van der Waals surface area contributed by atoms with Gasteiger partial charge < -0.3 is 15.7 Å². The molecule has 6 nitrogen and oxygen atoms in total. The lowest BCUT2D eigenvalue weighted by Gasteiger charge is -2.35. The normalized spacial score (nSPS) is 25.3. The van der Waals surface area contributed by atoms with E-state index in [4.69, 9.17) is 10.8 Å². The summed E-state index contributed by atoms with van der Waals surface area (Å²) in [5, 5.41) is 9.16. The first-order valence-electron chi connectivity index (χ1n) is 6.05. The SMILES string of the molecule is CN(CC1CC(O)C1)C(=O)C(N)CCS(C)(=O)=O. The lowest BCUT2D eigenvalue weighted by atomic mass is 9.82. The lowest BCUT2D eigenvalue weighted by molar-refractivity contribution is -0.132. The van der Waals surface area contributed by atoms with Crippen LogP contribution in [-0.4, -0.2) is 62.1 Å². The molecule has 1 rings (SSSR count). The van der Waals surface area contributed by atoms with E-state index in [1.807, 2.05) is 0 Å². The zero-order chi connectivity index (χ0) is 13.9. The van der Waals surface area contributed by atoms with Crippen LogP contribution in [0.3, 0.4) is 0 Å². The molecular weight excluding hydrogens is 256 g/mol. The second kappa shape index (κ2) is 5.99. The Labute approximate surface area is 108 Å². The van der Waals surface area contributed by atoms with E-state index in [1.54, 1.807) is 7.05 Å². The third-order valence-electron chi connectivity index (χ3n) is 3.24. The molecule has 0 spiro atoms. The number of nitrogens with zero attached hydrogens (tertiary/aromatic N) is 1. The summed E-state index contributed by atoms with van der Waals surface area (Å²) in [7, 11) is -1.43. The number of nitrogens with two attached hydrogens (primary N) is 1. The highest BCUT2D eigenvalue weighted by Gasteiger charge is 2.30. The molecule has 3 N–H and O–H groups in total. The van der Waals surface area contributed by atoms with E-state index in [0.717, 1.165) is 19.1 Å². The molecule has 7 heteroatoms. The molecular formula is C11H22N2O4S. The fourth-order valence-corrected chi connectivity index (χ4v) is 2.76. The number of rotatable bonds is 6. The Morgan fingerprint density at radius 1 is 1.50 bits per heavy atom. The molecule has 0 saturated heterocycles. The van der Waals surface area contributed by atoms with E-state index in [2.05, 4.69) is 0 Å². The van der Waals surface area contributed by atoms with Gasteiger partial charge in [0.25, 0.3) is 0 Å². The highest BCUT2D eigenvalue weighted by Crippen LogP contribution is 2.27. The van der Waals surface area contributed by atoms with Crippen LogP contribution < -0.4 is 5.73 Å². The molecule has 0 aliphatic heterocycles. The molecule has 0 bridgehead atoms. The van der Waals surface area contributed by atoms with Crippen LogP contribution >= 0.6 is 0 Å².